The Labute approximate surface area is 121 Å². The molecule has 112 valence electrons. The molecular formula is C14H28N2O2S. The Balaban J connectivity index is 2.65. The van der Waals surface area contributed by atoms with Gasteiger partial charge >= 0.3 is 6.03 Å². The Morgan fingerprint density at radius 2 is 2.16 bits per heavy atom. The first-order valence-corrected chi connectivity index (χ1v) is 8.43. The molecule has 0 spiro atoms. The summed E-state index contributed by atoms with van der Waals surface area (Å²) in [5.41, 5.74) is -0.346. The molecule has 1 aliphatic rings. The molecule has 1 aliphatic heterocycles. The third-order valence-electron chi connectivity index (χ3n) is 3.87. The van der Waals surface area contributed by atoms with Crippen LogP contribution in [0.5, 0.6) is 0 Å². The van der Waals surface area contributed by atoms with Gasteiger partial charge in [0.25, 0.3) is 0 Å². The standard InChI is InChI=1S/C14H28N2O2S/c1-11(2)8-14(10-17)6-5-7-16(14)13(18)15-9-12(3)19-4/h11-12,17H,5-10H2,1-4H3,(H,15,18)/t12-,14+/m1/s1. The fourth-order valence-corrected chi connectivity index (χ4v) is 3.12. The van der Waals surface area contributed by atoms with E-state index in [1.165, 1.54) is 0 Å². The zero-order chi connectivity index (χ0) is 14.5. The maximum absolute atomic E-state index is 12.3. The Bertz CT molecular complexity index is 299. The van der Waals surface area contributed by atoms with E-state index >= 15 is 0 Å². The van der Waals surface area contributed by atoms with E-state index in [0.29, 0.717) is 17.7 Å². The molecule has 2 amide bonds. The Kier molecular flexibility index (Phi) is 6.47. The average molecular weight is 288 g/mol. The minimum Gasteiger partial charge on any atom is -0.394 e. The molecule has 0 aromatic carbocycles. The van der Waals surface area contributed by atoms with Gasteiger partial charge in [0.2, 0.25) is 0 Å². The number of likely N-dealkylation sites (tertiary alicyclic amines) is 1. The van der Waals surface area contributed by atoms with Crippen LogP contribution in [0.25, 0.3) is 0 Å². The molecular weight excluding hydrogens is 260 g/mol. The first kappa shape index (κ1) is 16.6. The molecule has 1 saturated heterocycles. The summed E-state index contributed by atoms with van der Waals surface area (Å²) in [4.78, 5) is 14.2. The van der Waals surface area contributed by atoms with Gasteiger partial charge in [-0.2, -0.15) is 11.8 Å². The van der Waals surface area contributed by atoms with Crippen LogP contribution in [0.1, 0.15) is 40.0 Å². The van der Waals surface area contributed by atoms with Crippen LogP contribution in [0.3, 0.4) is 0 Å². The highest BCUT2D eigenvalue weighted by Crippen LogP contribution is 2.34. The number of nitrogens with one attached hydrogen (secondary N) is 1. The summed E-state index contributed by atoms with van der Waals surface area (Å²) < 4.78 is 0. The van der Waals surface area contributed by atoms with Gasteiger partial charge in [-0.25, -0.2) is 4.79 Å². The molecule has 0 bridgehead atoms. The minimum absolute atomic E-state index is 0.0203. The lowest BCUT2D eigenvalue weighted by molar-refractivity contribution is 0.0678. The van der Waals surface area contributed by atoms with Crippen molar-refractivity contribution >= 4 is 17.8 Å². The number of carbonyl (C=O) groups is 1. The van der Waals surface area contributed by atoms with E-state index in [-0.39, 0.29) is 18.2 Å². The molecule has 0 saturated carbocycles. The fraction of sp³-hybridized carbons (Fsp3) is 0.929. The first-order chi connectivity index (χ1) is 8.95. The molecule has 0 aromatic heterocycles. The molecule has 1 heterocycles. The number of hydrogen-bond donors (Lipinski definition) is 2. The van der Waals surface area contributed by atoms with Crippen molar-refractivity contribution < 1.29 is 9.90 Å². The van der Waals surface area contributed by atoms with E-state index in [1.54, 1.807) is 11.8 Å². The van der Waals surface area contributed by atoms with E-state index in [1.807, 2.05) is 11.2 Å². The molecule has 1 fully saturated rings. The van der Waals surface area contributed by atoms with E-state index in [4.69, 9.17) is 0 Å². The second-order valence-corrected chi connectivity index (χ2v) is 7.24. The number of thioether (sulfide) groups is 1. The minimum atomic E-state index is -0.346. The predicted molar refractivity (Wildman–Crippen MR) is 81.6 cm³/mol. The van der Waals surface area contributed by atoms with Crippen molar-refractivity contribution in [3.63, 3.8) is 0 Å². The largest absolute Gasteiger partial charge is 0.394 e. The summed E-state index contributed by atoms with van der Waals surface area (Å²) in [5, 5.41) is 13.2. The van der Waals surface area contributed by atoms with Crippen molar-refractivity contribution in [3.05, 3.63) is 0 Å². The maximum atomic E-state index is 12.3. The molecule has 19 heavy (non-hydrogen) atoms. The highest BCUT2D eigenvalue weighted by atomic mass is 32.2. The van der Waals surface area contributed by atoms with Crippen LogP contribution in [-0.4, -0.2) is 52.8 Å². The number of hydrogen-bond acceptors (Lipinski definition) is 3. The molecule has 2 atom stereocenters. The van der Waals surface area contributed by atoms with Gasteiger partial charge in [-0.1, -0.05) is 20.8 Å². The van der Waals surface area contributed by atoms with Crippen LogP contribution in [0, 0.1) is 5.92 Å². The smallest absolute Gasteiger partial charge is 0.317 e. The summed E-state index contributed by atoms with van der Waals surface area (Å²) in [7, 11) is 0. The van der Waals surface area contributed by atoms with Gasteiger partial charge in [-0.05, 0) is 31.4 Å². The van der Waals surface area contributed by atoms with Crippen molar-refractivity contribution in [2.24, 2.45) is 5.92 Å². The monoisotopic (exact) mass is 288 g/mol. The summed E-state index contributed by atoms with van der Waals surface area (Å²) >= 11 is 1.74. The zero-order valence-corrected chi connectivity index (χ0v) is 13.4. The van der Waals surface area contributed by atoms with E-state index in [2.05, 4.69) is 26.1 Å². The molecule has 1 rings (SSSR count). The van der Waals surface area contributed by atoms with Gasteiger partial charge in [0.05, 0.1) is 12.1 Å². The third kappa shape index (κ3) is 4.28. The molecule has 0 radical (unpaired) electrons. The molecule has 0 unspecified atom stereocenters. The molecule has 0 aliphatic carbocycles. The second-order valence-electron chi connectivity index (χ2n) is 5.97. The summed E-state index contributed by atoms with van der Waals surface area (Å²) in [6, 6.07) is -0.0203. The Morgan fingerprint density at radius 1 is 1.47 bits per heavy atom. The highest BCUT2D eigenvalue weighted by Gasteiger charge is 2.43. The van der Waals surface area contributed by atoms with Gasteiger partial charge in [0.15, 0.2) is 0 Å². The topological polar surface area (TPSA) is 52.6 Å². The molecule has 0 aromatic rings. The van der Waals surface area contributed by atoms with Crippen LogP contribution in [0.4, 0.5) is 4.79 Å². The highest BCUT2D eigenvalue weighted by molar-refractivity contribution is 7.99. The predicted octanol–water partition coefficient (Wildman–Crippen LogP) is 2.32. The SMILES string of the molecule is CS[C@H](C)CNC(=O)N1CCC[C@@]1(CO)CC(C)C. The summed E-state index contributed by atoms with van der Waals surface area (Å²) in [5.74, 6) is 0.477. The van der Waals surface area contributed by atoms with Crippen LogP contribution in [-0.2, 0) is 0 Å². The number of rotatable bonds is 6. The van der Waals surface area contributed by atoms with Gasteiger partial charge in [0, 0.05) is 18.3 Å². The Hall–Kier alpha value is -0.420. The van der Waals surface area contributed by atoms with E-state index in [0.717, 1.165) is 25.8 Å². The van der Waals surface area contributed by atoms with Crippen molar-refractivity contribution in [2.75, 3.05) is 26.0 Å². The summed E-state index contributed by atoms with van der Waals surface area (Å²) in [6.45, 7) is 7.88. The number of aliphatic hydroxyl groups is 1. The number of aliphatic hydroxyl groups excluding tert-OH is 1. The van der Waals surface area contributed by atoms with Crippen molar-refractivity contribution in [1.29, 1.82) is 0 Å². The quantitative estimate of drug-likeness (QED) is 0.788. The average Bonchev–Trinajstić information content (AvgIpc) is 2.78. The lowest BCUT2D eigenvalue weighted by Crippen LogP contribution is -2.54. The summed E-state index contributed by atoms with van der Waals surface area (Å²) in [6.07, 6.45) is 4.81. The molecule has 5 heteroatoms. The number of amides is 2. The van der Waals surface area contributed by atoms with Gasteiger partial charge in [0.1, 0.15) is 0 Å². The zero-order valence-electron chi connectivity index (χ0n) is 12.6. The lowest BCUT2D eigenvalue weighted by atomic mass is 9.87. The van der Waals surface area contributed by atoms with Gasteiger partial charge < -0.3 is 15.3 Å². The van der Waals surface area contributed by atoms with Crippen LogP contribution in [0.15, 0.2) is 0 Å². The van der Waals surface area contributed by atoms with Gasteiger partial charge in [-0.15, -0.1) is 0 Å². The fourth-order valence-electron chi connectivity index (χ4n) is 2.87. The third-order valence-corrected chi connectivity index (χ3v) is 4.84. The van der Waals surface area contributed by atoms with Crippen LogP contribution in [0.2, 0.25) is 0 Å². The Morgan fingerprint density at radius 3 is 2.68 bits per heavy atom. The van der Waals surface area contributed by atoms with Crippen LogP contribution >= 0.6 is 11.8 Å². The first-order valence-electron chi connectivity index (χ1n) is 7.14. The van der Waals surface area contributed by atoms with Crippen molar-refractivity contribution in [2.45, 2.75) is 50.8 Å². The normalized spacial score (nSPS) is 24.8. The number of carbonyl (C=O) groups excluding carboxylic acids is 1. The molecule has 2 N–H and O–H groups in total. The lowest BCUT2D eigenvalue weighted by Gasteiger charge is -2.38. The van der Waals surface area contributed by atoms with E-state index in [9.17, 15) is 9.90 Å². The number of urea groups is 1. The van der Waals surface area contributed by atoms with Crippen molar-refractivity contribution in [3.8, 4) is 0 Å². The van der Waals surface area contributed by atoms with Gasteiger partial charge in [-0.3, -0.25) is 0 Å². The number of nitrogens with zero attached hydrogens (tertiary/aromatic N) is 1. The maximum Gasteiger partial charge on any atom is 0.317 e. The van der Waals surface area contributed by atoms with Crippen molar-refractivity contribution in [1.82, 2.24) is 10.2 Å². The second kappa shape index (κ2) is 7.39. The van der Waals surface area contributed by atoms with Crippen LogP contribution < -0.4 is 5.32 Å². The molecule has 4 nitrogen and oxygen atoms in total. The van der Waals surface area contributed by atoms with E-state index < -0.39 is 0 Å².